The molecule has 0 aromatic heterocycles. The number of hydrogen-bond donors (Lipinski definition) is 2. The lowest BCUT2D eigenvalue weighted by atomic mass is 9.73. The Kier molecular flexibility index (Phi) is 4.45. The minimum atomic E-state index is -0.122. The topological polar surface area (TPSA) is 56.5 Å². The van der Waals surface area contributed by atoms with Crippen LogP contribution in [0.2, 0.25) is 0 Å². The first-order valence-corrected chi connectivity index (χ1v) is 6.80. The van der Waals surface area contributed by atoms with Crippen molar-refractivity contribution in [2.24, 2.45) is 5.84 Å². The van der Waals surface area contributed by atoms with Crippen LogP contribution in [0.25, 0.3) is 0 Å². The molecule has 1 aliphatic carbocycles. The van der Waals surface area contributed by atoms with Crippen molar-refractivity contribution >= 4 is 0 Å². The van der Waals surface area contributed by atoms with Crippen LogP contribution < -0.4 is 16.0 Å². The molecule has 1 aliphatic rings. The molecular weight excluding hydrogens is 240 g/mol. The van der Waals surface area contributed by atoms with Gasteiger partial charge in [0.25, 0.3) is 0 Å². The third-order valence-corrected chi connectivity index (χ3v) is 4.30. The van der Waals surface area contributed by atoms with E-state index in [0.29, 0.717) is 0 Å². The smallest absolute Gasteiger partial charge is 0.122 e. The van der Waals surface area contributed by atoms with E-state index in [9.17, 15) is 0 Å². The van der Waals surface area contributed by atoms with Gasteiger partial charge in [-0.2, -0.15) is 0 Å². The Morgan fingerprint density at radius 1 is 1.37 bits per heavy atom. The fourth-order valence-electron chi connectivity index (χ4n) is 2.90. The molecule has 4 nitrogen and oxygen atoms in total. The highest BCUT2D eigenvalue weighted by atomic mass is 16.5. The highest BCUT2D eigenvalue weighted by molar-refractivity contribution is 5.37. The molecule has 2 rings (SSSR count). The number of aryl methyl sites for hydroxylation is 1. The summed E-state index contributed by atoms with van der Waals surface area (Å²) in [4.78, 5) is 0. The molecule has 0 amide bonds. The van der Waals surface area contributed by atoms with Crippen molar-refractivity contribution < 1.29 is 9.47 Å². The fourth-order valence-corrected chi connectivity index (χ4v) is 2.90. The largest absolute Gasteiger partial charge is 0.496 e. The van der Waals surface area contributed by atoms with Gasteiger partial charge in [-0.25, -0.2) is 0 Å². The molecule has 0 heterocycles. The van der Waals surface area contributed by atoms with Gasteiger partial charge < -0.3 is 9.47 Å². The highest BCUT2D eigenvalue weighted by Gasteiger charge is 2.44. The Morgan fingerprint density at radius 3 is 2.58 bits per heavy atom. The van der Waals surface area contributed by atoms with Crippen LogP contribution in [0.1, 0.15) is 30.4 Å². The van der Waals surface area contributed by atoms with Gasteiger partial charge in [-0.05, 0) is 44.2 Å². The van der Waals surface area contributed by atoms with Gasteiger partial charge >= 0.3 is 0 Å². The van der Waals surface area contributed by atoms with Crippen molar-refractivity contribution in [3.05, 3.63) is 29.3 Å². The van der Waals surface area contributed by atoms with Crippen LogP contribution >= 0.6 is 0 Å². The molecule has 1 atom stereocenters. The Bertz CT molecular complexity index is 425. The van der Waals surface area contributed by atoms with E-state index in [-0.39, 0.29) is 11.6 Å². The molecule has 0 radical (unpaired) electrons. The molecule has 0 aliphatic heterocycles. The zero-order valence-corrected chi connectivity index (χ0v) is 12.0. The molecule has 1 aromatic rings. The lowest BCUT2D eigenvalue weighted by molar-refractivity contribution is -0.0982. The Labute approximate surface area is 115 Å². The van der Waals surface area contributed by atoms with Gasteiger partial charge in [0.15, 0.2) is 0 Å². The van der Waals surface area contributed by atoms with Crippen LogP contribution in [0.4, 0.5) is 0 Å². The number of nitrogens with two attached hydrogens (primary N) is 1. The normalized spacial score (nSPS) is 18.7. The zero-order chi connectivity index (χ0) is 13.9. The number of rotatable bonds is 6. The van der Waals surface area contributed by atoms with Crippen LogP contribution in [-0.4, -0.2) is 25.9 Å². The van der Waals surface area contributed by atoms with Gasteiger partial charge in [-0.1, -0.05) is 17.7 Å². The summed E-state index contributed by atoms with van der Waals surface area (Å²) in [6.45, 7) is 2.09. The van der Waals surface area contributed by atoms with E-state index in [4.69, 9.17) is 15.3 Å². The van der Waals surface area contributed by atoms with E-state index in [1.807, 2.05) is 6.07 Å². The van der Waals surface area contributed by atoms with Crippen molar-refractivity contribution in [2.75, 3.05) is 14.2 Å². The Morgan fingerprint density at radius 2 is 2.11 bits per heavy atom. The molecule has 0 saturated heterocycles. The molecule has 1 unspecified atom stereocenters. The third-order valence-electron chi connectivity index (χ3n) is 4.30. The number of benzene rings is 1. The van der Waals surface area contributed by atoms with E-state index in [2.05, 4.69) is 24.5 Å². The van der Waals surface area contributed by atoms with Gasteiger partial charge in [0, 0.05) is 7.11 Å². The van der Waals surface area contributed by atoms with Crippen LogP contribution in [-0.2, 0) is 11.2 Å². The van der Waals surface area contributed by atoms with Crippen molar-refractivity contribution in [3.8, 4) is 5.75 Å². The number of hydrogen-bond acceptors (Lipinski definition) is 4. The van der Waals surface area contributed by atoms with Crippen LogP contribution in [0.15, 0.2) is 18.2 Å². The number of methoxy groups -OCH3 is 2. The van der Waals surface area contributed by atoms with Crippen LogP contribution in [0.5, 0.6) is 5.75 Å². The molecule has 106 valence electrons. The second-order valence-electron chi connectivity index (χ2n) is 5.36. The summed E-state index contributed by atoms with van der Waals surface area (Å²) in [6, 6.07) is 6.34. The molecule has 1 aromatic carbocycles. The fraction of sp³-hybridized carbons (Fsp3) is 0.600. The minimum Gasteiger partial charge on any atom is -0.496 e. The van der Waals surface area contributed by atoms with Crippen molar-refractivity contribution in [3.63, 3.8) is 0 Å². The predicted molar refractivity (Wildman–Crippen MR) is 76.1 cm³/mol. The van der Waals surface area contributed by atoms with Crippen molar-refractivity contribution in [1.29, 1.82) is 0 Å². The summed E-state index contributed by atoms with van der Waals surface area (Å²) < 4.78 is 11.2. The maximum Gasteiger partial charge on any atom is 0.122 e. The van der Waals surface area contributed by atoms with Crippen molar-refractivity contribution in [1.82, 2.24) is 5.43 Å². The Balaban J connectivity index is 2.20. The lowest BCUT2D eigenvalue weighted by Crippen LogP contribution is -2.59. The predicted octanol–water partition coefficient (Wildman–Crippen LogP) is 1.95. The van der Waals surface area contributed by atoms with E-state index >= 15 is 0 Å². The first kappa shape index (κ1) is 14.3. The lowest BCUT2D eigenvalue weighted by Gasteiger charge is -2.46. The van der Waals surface area contributed by atoms with E-state index in [1.54, 1.807) is 14.2 Å². The second-order valence-corrected chi connectivity index (χ2v) is 5.36. The Hall–Kier alpha value is -1.10. The van der Waals surface area contributed by atoms with E-state index < -0.39 is 0 Å². The third kappa shape index (κ3) is 2.76. The van der Waals surface area contributed by atoms with Gasteiger partial charge in [0.05, 0.1) is 18.8 Å². The van der Waals surface area contributed by atoms with Gasteiger partial charge in [0.2, 0.25) is 0 Å². The number of nitrogens with one attached hydrogen (secondary N) is 1. The maximum absolute atomic E-state index is 5.75. The average Bonchev–Trinajstić information content (AvgIpc) is 2.37. The van der Waals surface area contributed by atoms with Gasteiger partial charge in [0.1, 0.15) is 5.75 Å². The molecule has 19 heavy (non-hydrogen) atoms. The monoisotopic (exact) mass is 264 g/mol. The molecule has 3 N–H and O–H groups in total. The number of ether oxygens (including phenoxy) is 2. The number of hydrazine groups is 1. The molecule has 0 spiro atoms. The van der Waals surface area contributed by atoms with E-state index in [1.165, 1.54) is 17.5 Å². The van der Waals surface area contributed by atoms with Gasteiger partial charge in [-0.15, -0.1) is 0 Å². The maximum atomic E-state index is 5.75. The summed E-state index contributed by atoms with van der Waals surface area (Å²) >= 11 is 0. The minimum absolute atomic E-state index is 0.113. The molecule has 0 bridgehead atoms. The van der Waals surface area contributed by atoms with Crippen molar-refractivity contribution in [2.45, 2.75) is 44.2 Å². The molecular formula is C15H24N2O2. The average molecular weight is 264 g/mol. The summed E-state index contributed by atoms with van der Waals surface area (Å²) in [7, 11) is 3.48. The summed E-state index contributed by atoms with van der Waals surface area (Å²) in [5.74, 6) is 6.66. The first-order chi connectivity index (χ1) is 9.15. The van der Waals surface area contributed by atoms with Gasteiger partial charge in [-0.3, -0.25) is 11.3 Å². The summed E-state index contributed by atoms with van der Waals surface area (Å²) in [5.41, 5.74) is 5.22. The molecule has 1 fully saturated rings. The summed E-state index contributed by atoms with van der Waals surface area (Å²) in [5, 5.41) is 0. The summed E-state index contributed by atoms with van der Waals surface area (Å²) in [6.07, 6.45) is 4.14. The first-order valence-electron chi connectivity index (χ1n) is 6.80. The van der Waals surface area contributed by atoms with Crippen LogP contribution in [0.3, 0.4) is 0 Å². The second kappa shape index (κ2) is 5.90. The SMILES string of the molecule is COc1ccc(C)cc1CC(NN)C1(OC)CCC1. The zero-order valence-electron chi connectivity index (χ0n) is 12.0. The van der Waals surface area contributed by atoms with E-state index in [0.717, 1.165) is 25.0 Å². The highest BCUT2D eigenvalue weighted by Crippen LogP contribution is 2.39. The molecule has 1 saturated carbocycles. The molecule has 4 heteroatoms. The van der Waals surface area contributed by atoms with Crippen LogP contribution in [0, 0.1) is 6.92 Å². The quantitative estimate of drug-likeness (QED) is 0.609. The standard InChI is InChI=1S/C15H24N2O2/c1-11-5-6-13(18-2)12(9-11)10-14(17-16)15(19-3)7-4-8-15/h5-6,9,14,17H,4,7-8,10,16H2,1-3H3.